The molecule has 0 aliphatic carbocycles. The molecule has 10 heavy (non-hydrogen) atoms. The summed E-state index contributed by atoms with van der Waals surface area (Å²) in [5, 5.41) is 0. The topological polar surface area (TPSA) is 18.5 Å². The molecule has 0 aromatic carbocycles. The maximum Gasteiger partial charge on any atom is 0.0911 e. The molecule has 2 rings (SSSR count). The molecule has 3 atom stereocenters. The van der Waals surface area contributed by atoms with Gasteiger partial charge >= 0.3 is 0 Å². The van der Waals surface area contributed by atoms with Crippen LogP contribution in [0.1, 0.15) is 20.3 Å². The predicted molar refractivity (Wildman–Crippen MR) is 37.9 cm³/mol. The zero-order valence-corrected chi connectivity index (χ0v) is 6.59. The molecule has 2 heterocycles. The van der Waals surface area contributed by atoms with Crippen molar-refractivity contribution < 1.29 is 9.47 Å². The number of hydrogen-bond acceptors (Lipinski definition) is 2. The van der Waals surface area contributed by atoms with Crippen molar-refractivity contribution in [1.82, 2.24) is 0 Å². The standard InChI is InChI=1S/C8H14O2/c1-6-4-10-8(2)3-7(6)9-5-8/h6-7H,3-5H2,1-2H3/t6-,7?,8+/m0/s1. The number of ether oxygens (including phenoxy) is 2. The van der Waals surface area contributed by atoms with Gasteiger partial charge in [0.1, 0.15) is 0 Å². The van der Waals surface area contributed by atoms with Crippen LogP contribution in [0.2, 0.25) is 0 Å². The summed E-state index contributed by atoms with van der Waals surface area (Å²) in [5.74, 6) is 0.593. The SMILES string of the molecule is C[C@H]1CO[C@@]2(C)COC1C2. The van der Waals surface area contributed by atoms with E-state index in [1.807, 2.05) is 0 Å². The Labute approximate surface area is 61.5 Å². The molecule has 0 aromatic heterocycles. The minimum atomic E-state index is 0.0528. The second-order valence-electron chi connectivity index (χ2n) is 3.79. The number of hydrogen-bond donors (Lipinski definition) is 0. The summed E-state index contributed by atoms with van der Waals surface area (Å²) in [6, 6.07) is 0. The first kappa shape index (κ1) is 6.62. The quantitative estimate of drug-likeness (QED) is 0.506. The van der Waals surface area contributed by atoms with Crippen molar-refractivity contribution in [2.24, 2.45) is 5.92 Å². The summed E-state index contributed by atoms with van der Waals surface area (Å²) in [7, 11) is 0. The van der Waals surface area contributed by atoms with Gasteiger partial charge in [-0.25, -0.2) is 0 Å². The fraction of sp³-hybridized carbons (Fsp3) is 1.00. The Bertz CT molecular complexity index is 146. The van der Waals surface area contributed by atoms with E-state index in [4.69, 9.17) is 9.47 Å². The molecule has 58 valence electrons. The first-order valence-electron chi connectivity index (χ1n) is 3.95. The summed E-state index contributed by atoms with van der Waals surface area (Å²) in [4.78, 5) is 0. The van der Waals surface area contributed by atoms with Crippen LogP contribution in [0.5, 0.6) is 0 Å². The number of rotatable bonds is 0. The minimum Gasteiger partial charge on any atom is -0.375 e. The van der Waals surface area contributed by atoms with Gasteiger partial charge in [0.25, 0.3) is 0 Å². The van der Waals surface area contributed by atoms with Gasteiger partial charge in [-0.15, -0.1) is 0 Å². The molecular formula is C8H14O2. The van der Waals surface area contributed by atoms with Crippen LogP contribution in [0, 0.1) is 5.92 Å². The maximum absolute atomic E-state index is 5.64. The van der Waals surface area contributed by atoms with Crippen LogP contribution in [0.3, 0.4) is 0 Å². The summed E-state index contributed by atoms with van der Waals surface area (Å²) >= 11 is 0. The van der Waals surface area contributed by atoms with Crippen LogP contribution in [0.4, 0.5) is 0 Å². The third-order valence-electron chi connectivity index (χ3n) is 2.57. The summed E-state index contributed by atoms with van der Waals surface area (Å²) < 4.78 is 11.2. The molecule has 0 N–H and O–H groups in total. The van der Waals surface area contributed by atoms with Crippen LogP contribution < -0.4 is 0 Å². The van der Waals surface area contributed by atoms with Crippen molar-refractivity contribution in [2.75, 3.05) is 13.2 Å². The molecular weight excluding hydrogens is 128 g/mol. The molecule has 0 spiro atoms. The van der Waals surface area contributed by atoms with Crippen LogP contribution in [0.15, 0.2) is 0 Å². The molecule has 2 bridgehead atoms. The van der Waals surface area contributed by atoms with Gasteiger partial charge in [0, 0.05) is 12.3 Å². The van der Waals surface area contributed by atoms with Gasteiger partial charge in [-0.3, -0.25) is 0 Å². The lowest BCUT2D eigenvalue weighted by atomic mass is 9.92. The first-order chi connectivity index (χ1) is 4.70. The van der Waals surface area contributed by atoms with Gasteiger partial charge in [-0.05, 0) is 6.92 Å². The fourth-order valence-electron chi connectivity index (χ4n) is 1.73. The smallest absolute Gasteiger partial charge is 0.0911 e. The van der Waals surface area contributed by atoms with E-state index >= 15 is 0 Å². The van der Waals surface area contributed by atoms with Crippen molar-refractivity contribution >= 4 is 0 Å². The van der Waals surface area contributed by atoms with E-state index in [-0.39, 0.29) is 5.60 Å². The van der Waals surface area contributed by atoms with Crippen molar-refractivity contribution in [1.29, 1.82) is 0 Å². The second kappa shape index (κ2) is 1.95. The van der Waals surface area contributed by atoms with Gasteiger partial charge in [-0.2, -0.15) is 0 Å². The highest BCUT2D eigenvalue weighted by molar-refractivity contribution is 4.91. The Morgan fingerprint density at radius 2 is 2.30 bits per heavy atom. The van der Waals surface area contributed by atoms with Crippen molar-refractivity contribution in [2.45, 2.75) is 32.0 Å². The van der Waals surface area contributed by atoms with Gasteiger partial charge in [0.05, 0.1) is 24.9 Å². The summed E-state index contributed by atoms with van der Waals surface area (Å²) in [5.41, 5.74) is 0.0528. The lowest BCUT2D eigenvalue weighted by Crippen LogP contribution is -2.37. The molecule has 0 aromatic rings. The van der Waals surface area contributed by atoms with Crippen molar-refractivity contribution in [3.8, 4) is 0 Å². The molecule has 2 heteroatoms. The van der Waals surface area contributed by atoms with Crippen molar-refractivity contribution in [3.05, 3.63) is 0 Å². The molecule has 2 saturated heterocycles. The molecule has 2 aliphatic heterocycles. The predicted octanol–water partition coefficient (Wildman–Crippen LogP) is 1.20. The van der Waals surface area contributed by atoms with E-state index in [1.165, 1.54) is 0 Å². The molecule has 0 saturated carbocycles. The van der Waals surface area contributed by atoms with E-state index in [0.29, 0.717) is 12.0 Å². The summed E-state index contributed by atoms with van der Waals surface area (Å²) in [6.45, 7) is 6.00. The Kier molecular flexibility index (Phi) is 1.29. The maximum atomic E-state index is 5.64. The third-order valence-corrected chi connectivity index (χ3v) is 2.57. The Balaban J connectivity index is 2.12. The lowest BCUT2D eigenvalue weighted by molar-refractivity contribution is -0.0585. The van der Waals surface area contributed by atoms with Gasteiger partial charge in [0.15, 0.2) is 0 Å². The zero-order chi connectivity index (χ0) is 7.19. The van der Waals surface area contributed by atoms with Crippen LogP contribution in [-0.2, 0) is 9.47 Å². The van der Waals surface area contributed by atoms with Gasteiger partial charge in [-0.1, -0.05) is 6.92 Å². The molecule has 0 radical (unpaired) electrons. The molecule has 2 nitrogen and oxygen atoms in total. The van der Waals surface area contributed by atoms with E-state index in [2.05, 4.69) is 13.8 Å². The Morgan fingerprint density at radius 3 is 3.00 bits per heavy atom. The molecule has 2 fully saturated rings. The largest absolute Gasteiger partial charge is 0.375 e. The monoisotopic (exact) mass is 142 g/mol. The highest BCUT2D eigenvalue weighted by atomic mass is 16.6. The molecule has 2 aliphatic rings. The highest BCUT2D eigenvalue weighted by Crippen LogP contribution is 2.36. The van der Waals surface area contributed by atoms with Crippen LogP contribution in [-0.4, -0.2) is 24.9 Å². The summed E-state index contributed by atoms with van der Waals surface area (Å²) in [6.07, 6.45) is 1.56. The Morgan fingerprint density at radius 1 is 1.50 bits per heavy atom. The average molecular weight is 142 g/mol. The van der Waals surface area contributed by atoms with E-state index in [0.717, 1.165) is 19.6 Å². The molecule has 1 unspecified atom stereocenters. The van der Waals surface area contributed by atoms with Crippen molar-refractivity contribution in [3.63, 3.8) is 0 Å². The zero-order valence-electron chi connectivity index (χ0n) is 6.59. The second-order valence-corrected chi connectivity index (χ2v) is 3.79. The third kappa shape index (κ3) is 0.867. The first-order valence-corrected chi connectivity index (χ1v) is 3.95. The van der Waals surface area contributed by atoms with Gasteiger partial charge in [0.2, 0.25) is 0 Å². The van der Waals surface area contributed by atoms with E-state index in [9.17, 15) is 0 Å². The molecule has 0 amide bonds. The Hall–Kier alpha value is -0.0800. The van der Waals surface area contributed by atoms with E-state index < -0.39 is 0 Å². The van der Waals surface area contributed by atoms with Crippen LogP contribution >= 0.6 is 0 Å². The fourth-order valence-corrected chi connectivity index (χ4v) is 1.73. The number of fused-ring (bicyclic) bond motifs is 2. The van der Waals surface area contributed by atoms with Crippen LogP contribution in [0.25, 0.3) is 0 Å². The normalized spacial score (nSPS) is 53.4. The minimum absolute atomic E-state index is 0.0528. The highest BCUT2D eigenvalue weighted by Gasteiger charge is 2.43. The van der Waals surface area contributed by atoms with Gasteiger partial charge < -0.3 is 9.47 Å². The van der Waals surface area contributed by atoms with E-state index in [1.54, 1.807) is 0 Å². The lowest BCUT2D eigenvalue weighted by Gasteiger charge is -2.30. The average Bonchev–Trinajstić information content (AvgIpc) is 2.23.